The van der Waals surface area contributed by atoms with E-state index < -0.39 is 0 Å². The largest absolute Gasteiger partial charge is 0.356 e. The highest BCUT2D eigenvalue weighted by atomic mass is 35.5. The first-order chi connectivity index (χ1) is 10.3. The molecule has 3 nitrogen and oxygen atoms in total. The van der Waals surface area contributed by atoms with Crippen LogP contribution in [0.15, 0.2) is 24.3 Å². The van der Waals surface area contributed by atoms with Gasteiger partial charge in [-0.15, -0.1) is 0 Å². The number of hydrogen-bond donors (Lipinski definition) is 1. The predicted octanol–water partition coefficient (Wildman–Crippen LogP) is 3.26. The van der Waals surface area contributed by atoms with E-state index >= 15 is 0 Å². The molecule has 0 saturated carbocycles. The van der Waals surface area contributed by atoms with Gasteiger partial charge in [0.1, 0.15) is 0 Å². The highest BCUT2D eigenvalue weighted by Crippen LogP contribution is 2.15. The second-order valence-corrected chi connectivity index (χ2v) is 6.13. The smallest absolute Gasteiger partial charge is 0.224 e. The van der Waals surface area contributed by atoms with Crippen LogP contribution < -0.4 is 5.32 Å². The van der Waals surface area contributed by atoms with Crippen LogP contribution in [0.4, 0.5) is 0 Å². The zero-order valence-electron chi connectivity index (χ0n) is 12.6. The van der Waals surface area contributed by atoms with E-state index in [1.807, 2.05) is 24.3 Å². The molecule has 2 rings (SSSR count). The van der Waals surface area contributed by atoms with Crippen molar-refractivity contribution in [3.05, 3.63) is 34.9 Å². The lowest BCUT2D eigenvalue weighted by atomic mass is 10.1. The van der Waals surface area contributed by atoms with Crippen LogP contribution in [0, 0.1) is 0 Å². The minimum Gasteiger partial charge on any atom is -0.356 e. The number of nitrogens with one attached hydrogen (secondary N) is 1. The average molecular weight is 309 g/mol. The maximum atomic E-state index is 11.9. The van der Waals surface area contributed by atoms with Crippen molar-refractivity contribution in [2.75, 3.05) is 26.2 Å². The molecule has 1 aromatic carbocycles. The molecule has 0 bridgehead atoms. The monoisotopic (exact) mass is 308 g/mol. The van der Waals surface area contributed by atoms with Gasteiger partial charge in [-0.25, -0.2) is 0 Å². The van der Waals surface area contributed by atoms with Crippen LogP contribution in [0.25, 0.3) is 0 Å². The molecule has 0 spiro atoms. The fourth-order valence-electron chi connectivity index (χ4n) is 2.77. The van der Waals surface area contributed by atoms with Crippen LogP contribution in [0.2, 0.25) is 5.02 Å². The third kappa shape index (κ3) is 6.06. The van der Waals surface area contributed by atoms with Crippen molar-refractivity contribution in [3.8, 4) is 0 Å². The standard InChI is InChI=1S/C17H25ClN2O/c18-16-9-4-3-8-15(16)14-17(21)19-10-7-13-20-11-5-1-2-6-12-20/h3-4,8-9H,1-2,5-7,10-14H2,(H,19,21). The van der Waals surface area contributed by atoms with Crippen molar-refractivity contribution < 1.29 is 4.79 Å². The molecule has 0 radical (unpaired) electrons. The minimum atomic E-state index is 0.0546. The third-order valence-electron chi connectivity index (χ3n) is 3.98. The molecule has 1 aromatic rings. The molecule has 1 amide bonds. The van der Waals surface area contributed by atoms with Crippen molar-refractivity contribution in [1.82, 2.24) is 10.2 Å². The van der Waals surface area contributed by atoms with E-state index in [-0.39, 0.29) is 5.91 Å². The Morgan fingerprint density at radius 3 is 2.57 bits per heavy atom. The summed E-state index contributed by atoms with van der Waals surface area (Å²) >= 11 is 6.06. The number of nitrogens with zero attached hydrogens (tertiary/aromatic N) is 1. The lowest BCUT2D eigenvalue weighted by molar-refractivity contribution is -0.120. The fraction of sp³-hybridized carbons (Fsp3) is 0.588. The van der Waals surface area contributed by atoms with Gasteiger partial charge in [-0.1, -0.05) is 42.6 Å². The van der Waals surface area contributed by atoms with Crippen LogP contribution in [-0.2, 0) is 11.2 Å². The number of likely N-dealkylation sites (tertiary alicyclic amines) is 1. The molecule has 116 valence electrons. The molecule has 0 atom stereocenters. The quantitative estimate of drug-likeness (QED) is 0.818. The van der Waals surface area contributed by atoms with Crippen molar-refractivity contribution >= 4 is 17.5 Å². The average Bonchev–Trinajstić information content (AvgIpc) is 2.75. The second kappa shape index (κ2) is 9.06. The number of rotatable bonds is 6. The Hall–Kier alpha value is -1.06. The molecule has 4 heteroatoms. The van der Waals surface area contributed by atoms with Crippen molar-refractivity contribution in [2.24, 2.45) is 0 Å². The summed E-state index contributed by atoms with van der Waals surface area (Å²) < 4.78 is 0. The Labute approximate surface area is 132 Å². The van der Waals surface area contributed by atoms with E-state index in [0.29, 0.717) is 11.4 Å². The molecule has 0 aromatic heterocycles. The minimum absolute atomic E-state index is 0.0546. The van der Waals surface area contributed by atoms with E-state index in [2.05, 4.69) is 10.2 Å². The summed E-state index contributed by atoms with van der Waals surface area (Å²) in [4.78, 5) is 14.4. The van der Waals surface area contributed by atoms with Crippen molar-refractivity contribution in [2.45, 2.75) is 38.5 Å². The first kappa shape index (κ1) is 16.3. The number of hydrogen-bond acceptors (Lipinski definition) is 2. The Morgan fingerprint density at radius 2 is 1.86 bits per heavy atom. The molecule has 0 unspecified atom stereocenters. The van der Waals surface area contributed by atoms with Crippen LogP contribution >= 0.6 is 11.6 Å². The highest BCUT2D eigenvalue weighted by Gasteiger charge is 2.09. The zero-order chi connectivity index (χ0) is 14.9. The van der Waals surface area contributed by atoms with E-state index in [0.717, 1.165) is 25.1 Å². The number of benzene rings is 1. The van der Waals surface area contributed by atoms with Crippen LogP contribution in [-0.4, -0.2) is 37.0 Å². The predicted molar refractivity (Wildman–Crippen MR) is 87.7 cm³/mol. The van der Waals surface area contributed by atoms with E-state index in [4.69, 9.17) is 11.6 Å². The number of halogens is 1. The zero-order valence-corrected chi connectivity index (χ0v) is 13.4. The van der Waals surface area contributed by atoms with Gasteiger partial charge in [0.2, 0.25) is 5.91 Å². The van der Waals surface area contributed by atoms with Crippen molar-refractivity contribution in [3.63, 3.8) is 0 Å². The van der Waals surface area contributed by atoms with Gasteiger partial charge < -0.3 is 10.2 Å². The summed E-state index contributed by atoms with van der Waals surface area (Å²) in [7, 11) is 0. The molecule has 1 heterocycles. The first-order valence-electron chi connectivity index (χ1n) is 7.98. The van der Waals surface area contributed by atoms with Gasteiger partial charge >= 0.3 is 0 Å². The maximum Gasteiger partial charge on any atom is 0.224 e. The van der Waals surface area contributed by atoms with Gasteiger partial charge in [0.25, 0.3) is 0 Å². The fourth-order valence-corrected chi connectivity index (χ4v) is 2.97. The Bertz CT molecular complexity index is 442. The van der Waals surface area contributed by atoms with Gasteiger partial charge in [-0.05, 0) is 50.5 Å². The summed E-state index contributed by atoms with van der Waals surface area (Å²) in [5.41, 5.74) is 0.893. The number of carbonyl (C=O) groups excluding carboxylic acids is 1. The van der Waals surface area contributed by atoms with Gasteiger partial charge in [0.05, 0.1) is 6.42 Å². The summed E-state index contributed by atoms with van der Waals surface area (Å²) in [6, 6.07) is 7.52. The van der Waals surface area contributed by atoms with E-state index in [1.165, 1.54) is 38.8 Å². The molecule has 1 aliphatic rings. The SMILES string of the molecule is O=C(Cc1ccccc1Cl)NCCCN1CCCCCC1. The number of carbonyl (C=O) groups is 1. The first-order valence-corrected chi connectivity index (χ1v) is 8.36. The maximum absolute atomic E-state index is 11.9. The Kier molecular flexibility index (Phi) is 7.04. The highest BCUT2D eigenvalue weighted by molar-refractivity contribution is 6.31. The molecular weight excluding hydrogens is 284 g/mol. The normalized spacial score (nSPS) is 16.4. The summed E-state index contributed by atoms with van der Waals surface area (Å²) in [6.07, 6.45) is 6.76. The van der Waals surface area contributed by atoms with Gasteiger partial charge in [-0.3, -0.25) is 4.79 Å². The molecule has 1 fully saturated rings. The van der Waals surface area contributed by atoms with Crippen LogP contribution in [0.5, 0.6) is 0 Å². The molecule has 1 saturated heterocycles. The Morgan fingerprint density at radius 1 is 1.14 bits per heavy atom. The molecule has 0 aliphatic carbocycles. The lowest BCUT2D eigenvalue weighted by Gasteiger charge is -2.19. The molecule has 21 heavy (non-hydrogen) atoms. The van der Waals surface area contributed by atoms with E-state index in [1.54, 1.807) is 0 Å². The van der Waals surface area contributed by atoms with E-state index in [9.17, 15) is 4.79 Å². The van der Waals surface area contributed by atoms with Gasteiger partial charge in [0.15, 0.2) is 0 Å². The second-order valence-electron chi connectivity index (χ2n) is 5.73. The van der Waals surface area contributed by atoms with Crippen LogP contribution in [0.3, 0.4) is 0 Å². The topological polar surface area (TPSA) is 32.3 Å². The molecule has 1 N–H and O–H groups in total. The summed E-state index contributed by atoms with van der Waals surface area (Å²) in [6.45, 7) is 4.27. The molecule has 1 aliphatic heterocycles. The summed E-state index contributed by atoms with van der Waals surface area (Å²) in [5, 5.41) is 3.65. The number of amides is 1. The van der Waals surface area contributed by atoms with Gasteiger partial charge in [-0.2, -0.15) is 0 Å². The molecular formula is C17H25ClN2O. The lowest BCUT2D eigenvalue weighted by Crippen LogP contribution is -2.31. The third-order valence-corrected chi connectivity index (χ3v) is 4.35. The van der Waals surface area contributed by atoms with Gasteiger partial charge in [0, 0.05) is 11.6 Å². The van der Waals surface area contributed by atoms with Crippen LogP contribution in [0.1, 0.15) is 37.7 Å². The Balaban J connectivity index is 1.62. The van der Waals surface area contributed by atoms with Crippen molar-refractivity contribution in [1.29, 1.82) is 0 Å². The summed E-state index contributed by atoms with van der Waals surface area (Å²) in [5.74, 6) is 0.0546.